The summed E-state index contributed by atoms with van der Waals surface area (Å²) in [5.41, 5.74) is 1.18. The number of urea groups is 1. The molecule has 2 N–H and O–H groups in total. The Morgan fingerprint density at radius 1 is 1.25 bits per heavy atom. The zero-order valence-electron chi connectivity index (χ0n) is 10.9. The van der Waals surface area contributed by atoms with E-state index in [9.17, 15) is 4.79 Å². The zero-order valence-corrected chi connectivity index (χ0v) is 10.9. The van der Waals surface area contributed by atoms with E-state index in [0.717, 1.165) is 12.2 Å². The van der Waals surface area contributed by atoms with E-state index in [1.54, 1.807) is 18.3 Å². The van der Waals surface area contributed by atoms with Gasteiger partial charge in [0.15, 0.2) is 0 Å². The monoisotopic (exact) mass is 269 g/mol. The van der Waals surface area contributed by atoms with Crippen LogP contribution in [0.4, 0.5) is 10.6 Å². The van der Waals surface area contributed by atoms with E-state index in [1.807, 2.05) is 30.3 Å². The second-order valence-electron chi connectivity index (χ2n) is 4.60. The molecule has 1 aliphatic rings. The maximum Gasteiger partial charge on any atom is 0.320 e. The first-order valence-electron chi connectivity index (χ1n) is 6.52. The second-order valence-corrected chi connectivity index (χ2v) is 4.60. The van der Waals surface area contributed by atoms with Gasteiger partial charge in [0.2, 0.25) is 0 Å². The van der Waals surface area contributed by atoms with Gasteiger partial charge in [0.25, 0.3) is 0 Å². The van der Waals surface area contributed by atoms with Crippen molar-refractivity contribution in [2.24, 2.45) is 0 Å². The molecule has 1 aromatic carbocycles. The SMILES string of the molecule is O=C(NC[C@H]1Cc2ccccc2O1)Nc1ccccn1. The summed E-state index contributed by atoms with van der Waals surface area (Å²) in [5.74, 6) is 1.44. The van der Waals surface area contributed by atoms with Gasteiger partial charge in [0, 0.05) is 12.6 Å². The summed E-state index contributed by atoms with van der Waals surface area (Å²) >= 11 is 0. The molecular formula is C15H15N3O2. The largest absolute Gasteiger partial charge is 0.488 e. The number of hydrogen-bond acceptors (Lipinski definition) is 3. The molecule has 0 bridgehead atoms. The van der Waals surface area contributed by atoms with Gasteiger partial charge in [-0.1, -0.05) is 24.3 Å². The fourth-order valence-electron chi connectivity index (χ4n) is 2.17. The van der Waals surface area contributed by atoms with Gasteiger partial charge in [0.1, 0.15) is 17.7 Å². The Balaban J connectivity index is 1.48. The number of aromatic nitrogens is 1. The van der Waals surface area contributed by atoms with Crippen molar-refractivity contribution in [2.45, 2.75) is 12.5 Å². The van der Waals surface area contributed by atoms with Crippen LogP contribution in [0.5, 0.6) is 5.75 Å². The molecule has 0 saturated heterocycles. The molecule has 0 saturated carbocycles. The van der Waals surface area contributed by atoms with Crippen LogP contribution in [-0.2, 0) is 6.42 Å². The first kappa shape index (κ1) is 12.5. The van der Waals surface area contributed by atoms with Gasteiger partial charge >= 0.3 is 6.03 Å². The Labute approximate surface area is 117 Å². The molecule has 102 valence electrons. The minimum absolute atomic E-state index is 0.0121. The molecule has 2 amide bonds. The highest BCUT2D eigenvalue weighted by Crippen LogP contribution is 2.27. The van der Waals surface area contributed by atoms with Crippen LogP contribution < -0.4 is 15.4 Å². The highest BCUT2D eigenvalue weighted by atomic mass is 16.5. The Kier molecular flexibility index (Phi) is 3.50. The lowest BCUT2D eigenvalue weighted by atomic mass is 10.1. The van der Waals surface area contributed by atoms with Crippen molar-refractivity contribution in [3.8, 4) is 5.75 Å². The summed E-state index contributed by atoms with van der Waals surface area (Å²) in [6, 6.07) is 13.0. The lowest BCUT2D eigenvalue weighted by Crippen LogP contribution is -2.37. The first-order valence-corrected chi connectivity index (χ1v) is 6.52. The van der Waals surface area contributed by atoms with Crippen LogP contribution in [0, 0.1) is 0 Å². The summed E-state index contributed by atoms with van der Waals surface area (Å²) in [6.07, 6.45) is 2.44. The number of nitrogens with zero attached hydrogens (tertiary/aromatic N) is 1. The fraction of sp³-hybridized carbons (Fsp3) is 0.200. The van der Waals surface area contributed by atoms with Gasteiger partial charge in [-0.2, -0.15) is 0 Å². The van der Waals surface area contributed by atoms with Crippen LogP contribution in [0.3, 0.4) is 0 Å². The molecule has 2 heterocycles. The average molecular weight is 269 g/mol. The van der Waals surface area contributed by atoms with Crippen molar-refractivity contribution in [1.82, 2.24) is 10.3 Å². The van der Waals surface area contributed by atoms with Crippen molar-refractivity contribution >= 4 is 11.8 Å². The smallest absolute Gasteiger partial charge is 0.320 e. The minimum Gasteiger partial charge on any atom is -0.488 e. The van der Waals surface area contributed by atoms with Gasteiger partial charge in [-0.25, -0.2) is 9.78 Å². The number of hydrogen-bond donors (Lipinski definition) is 2. The van der Waals surface area contributed by atoms with Crippen LogP contribution in [0.25, 0.3) is 0 Å². The van der Waals surface area contributed by atoms with E-state index >= 15 is 0 Å². The van der Waals surface area contributed by atoms with E-state index in [1.165, 1.54) is 5.56 Å². The summed E-state index contributed by atoms with van der Waals surface area (Å²) in [4.78, 5) is 15.8. The predicted molar refractivity (Wildman–Crippen MR) is 75.8 cm³/mol. The quantitative estimate of drug-likeness (QED) is 0.898. The molecule has 0 radical (unpaired) electrons. The number of carbonyl (C=O) groups is 1. The normalized spacial score (nSPS) is 16.1. The van der Waals surface area contributed by atoms with Crippen LogP contribution in [0.2, 0.25) is 0 Å². The number of nitrogens with one attached hydrogen (secondary N) is 2. The summed E-state index contributed by atoms with van der Waals surface area (Å²) in [6.45, 7) is 0.466. The van der Waals surface area contributed by atoms with E-state index < -0.39 is 0 Å². The Bertz CT molecular complexity index is 576. The number of carbonyl (C=O) groups excluding carboxylic acids is 1. The summed E-state index contributed by atoms with van der Waals surface area (Å²) in [7, 11) is 0. The Hall–Kier alpha value is -2.56. The van der Waals surface area contributed by atoms with Crippen LogP contribution >= 0.6 is 0 Å². The topological polar surface area (TPSA) is 63.2 Å². The number of anilines is 1. The maximum absolute atomic E-state index is 11.7. The lowest BCUT2D eigenvalue weighted by Gasteiger charge is -2.12. The molecule has 0 unspecified atom stereocenters. The number of pyridine rings is 1. The number of benzene rings is 1. The first-order chi connectivity index (χ1) is 9.81. The van der Waals surface area contributed by atoms with Crippen LogP contribution in [-0.4, -0.2) is 23.7 Å². The standard InChI is InChI=1S/C15H15N3O2/c19-15(18-14-7-3-4-8-16-14)17-10-12-9-11-5-1-2-6-13(11)20-12/h1-8,12H,9-10H2,(H2,16,17,18,19)/t12-/m1/s1. The molecule has 3 rings (SSSR count). The number of para-hydroxylation sites is 1. The molecule has 1 atom stereocenters. The van der Waals surface area contributed by atoms with E-state index in [-0.39, 0.29) is 12.1 Å². The molecule has 1 aromatic heterocycles. The van der Waals surface area contributed by atoms with Crippen molar-refractivity contribution < 1.29 is 9.53 Å². The van der Waals surface area contributed by atoms with Crippen molar-refractivity contribution in [1.29, 1.82) is 0 Å². The number of ether oxygens (including phenoxy) is 1. The molecule has 0 aliphatic carbocycles. The van der Waals surface area contributed by atoms with Gasteiger partial charge < -0.3 is 10.1 Å². The van der Waals surface area contributed by atoms with Gasteiger partial charge in [-0.05, 0) is 23.8 Å². The van der Waals surface area contributed by atoms with Crippen molar-refractivity contribution in [3.05, 3.63) is 54.2 Å². The number of rotatable bonds is 3. The van der Waals surface area contributed by atoms with Crippen molar-refractivity contribution in [2.75, 3.05) is 11.9 Å². The van der Waals surface area contributed by atoms with Crippen LogP contribution in [0.1, 0.15) is 5.56 Å². The molecule has 2 aromatic rings. The predicted octanol–water partition coefficient (Wildman–Crippen LogP) is 2.21. The summed E-state index contributed by atoms with van der Waals surface area (Å²) in [5, 5.41) is 5.46. The van der Waals surface area contributed by atoms with Crippen LogP contribution in [0.15, 0.2) is 48.7 Å². The second kappa shape index (κ2) is 5.61. The molecule has 5 nitrogen and oxygen atoms in total. The van der Waals surface area contributed by atoms with Gasteiger partial charge in [0.05, 0.1) is 6.54 Å². The Morgan fingerprint density at radius 2 is 2.10 bits per heavy atom. The average Bonchev–Trinajstić information content (AvgIpc) is 2.89. The molecule has 0 fully saturated rings. The third kappa shape index (κ3) is 2.88. The number of fused-ring (bicyclic) bond motifs is 1. The molecule has 0 spiro atoms. The van der Waals surface area contributed by atoms with E-state index in [4.69, 9.17) is 4.74 Å². The van der Waals surface area contributed by atoms with Gasteiger partial charge in [-0.3, -0.25) is 5.32 Å². The van der Waals surface area contributed by atoms with E-state index in [2.05, 4.69) is 15.6 Å². The molecule has 5 heteroatoms. The number of amides is 2. The van der Waals surface area contributed by atoms with Crippen molar-refractivity contribution in [3.63, 3.8) is 0 Å². The summed E-state index contributed by atoms with van der Waals surface area (Å²) < 4.78 is 5.75. The van der Waals surface area contributed by atoms with Gasteiger partial charge in [-0.15, -0.1) is 0 Å². The third-order valence-corrected chi connectivity index (χ3v) is 3.11. The molecule has 1 aliphatic heterocycles. The highest BCUT2D eigenvalue weighted by Gasteiger charge is 2.22. The third-order valence-electron chi connectivity index (χ3n) is 3.11. The highest BCUT2D eigenvalue weighted by molar-refractivity contribution is 5.88. The Morgan fingerprint density at radius 3 is 2.90 bits per heavy atom. The maximum atomic E-state index is 11.7. The lowest BCUT2D eigenvalue weighted by molar-refractivity contribution is 0.219. The zero-order chi connectivity index (χ0) is 13.8. The van der Waals surface area contributed by atoms with E-state index in [0.29, 0.717) is 12.4 Å². The minimum atomic E-state index is -0.275. The molecular weight excluding hydrogens is 254 g/mol. The fourth-order valence-corrected chi connectivity index (χ4v) is 2.17. The molecule has 20 heavy (non-hydrogen) atoms.